The van der Waals surface area contributed by atoms with E-state index in [4.69, 9.17) is 0 Å². The average Bonchev–Trinajstić information content (AvgIpc) is 2.80. The van der Waals surface area contributed by atoms with Crippen molar-refractivity contribution in [2.75, 3.05) is 37.6 Å². The van der Waals surface area contributed by atoms with Crippen LogP contribution in [0.15, 0.2) is 5.51 Å². The normalized spacial score (nSPS) is 18.3. The summed E-state index contributed by atoms with van der Waals surface area (Å²) < 4.78 is 4.27. The number of piperazine rings is 1. The number of anilines is 1. The van der Waals surface area contributed by atoms with Crippen LogP contribution in [0, 0.1) is 0 Å². The monoisotopic (exact) mass is 226 g/mol. The van der Waals surface area contributed by atoms with Gasteiger partial charge >= 0.3 is 0 Å². The first-order chi connectivity index (χ1) is 7.40. The molecule has 84 valence electrons. The molecule has 0 N–H and O–H groups in total. The lowest BCUT2D eigenvalue weighted by molar-refractivity contribution is 0.253. The lowest BCUT2D eigenvalue weighted by Gasteiger charge is -2.34. The molecular weight excluding hydrogens is 208 g/mol. The van der Waals surface area contributed by atoms with Crippen LogP contribution in [0.4, 0.5) is 5.95 Å². The van der Waals surface area contributed by atoms with Crippen LogP contribution in [0.3, 0.4) is 0 Å². The lowest BCUT2D eigenvalue weighted by Crippen LogP contribution is -2.47. The molecule has 0 atom stereocenters. The Balaban J connectivity index is 1.77. The van der Waals surface area contributed by atoms with E-state index in [0.29, 0.717) is 0 Å². The van der Waals surface area contributed by atoms with Gasteiger partial charge in [0.1, 0.15) is 5.51 Å². The number of hydrogen-bond acceptors (Lipinski definition) is 5. The Hall–Kier alpha value is -0.680. The van der Waals surface area contributed by atoms with E-state index in [-0.39, 0.29) is 0 Å². The fraction of sp³-hybridized carbons (Fsp3) is 0.800. The first kappa shape index (κ1) is 10.8. The predicted molar refractivity (Wildman–Crippen MR) is 63.5 cm³/mol. The first-order valence-electron chi connectivity index (χ1n) is 5.64. The highest BCUT2D eigenvalue weighted by Crippen LogP contribution is 2.12. The quantitative estimate of drug-likeness (QED) is 0.778. The fourth-order valence-electron chi connectivity index (χ4n) is 1.86. The van der Waals surface area contributed by atoms with Gasteiger partial charge < -0.3 is 4.90 Å². The molecule has 0 aromatic carbocycles. The maximum atomic E-state index is 4.27. The zero-order valence-electron chi connectivity index (χ0n) is 9.22. The third-order valence-electron chi connectivity index (χ3n) is 2.83. The van der Waals surface area contributed by atoms with Gasteiger partial charge in [-0.1, -0.05) is 13.3 Å². The largest absolute Gasteiger partial charge is 0.338 e. The third kappa shape index (κ3) is 2.89. The molecule has 0 saturated carbocycles. The molecule has 1 fully saturated rings. The van der Waals surface area contributed by atoms with Crippen LogP contribution in [0.2, 0.25) is 0 Å². The molecule has 1 aliphatic heterocycles. The molecule has 0 radical (unpaired) electrons. The fourth-order valence-corrected chi connectivity index (χ4v) is 2.30. The van der Waals surface area contributed by atoms with Crippen LogP contribution >= 0.6 is 11.5 Å². The Morgan fingerprint density at radius 2 is 2.13 bits per heavy atom. The SMILES string of the molecule is CCCCN1CCN(c2ncsn2)CC1. The Morgan fingerprint density at radius 1 is 1.33 bits per heavy atom. The minimum atomic E-state index is 0.912. The highest BCUT2D eigenvalue weighted by atomic mass is 32.1. The second kappa shape index (κ2) is 5.42. The lowest BCUT2D eigenvalue weighted by atomic mass is 10.2. The van der Waals surface area contributed by atoms with Gasteiger partial charge in [-0.25, -0.2) is 4.98 Å². The minimum Gasteiger partial charge on any atom is -0.338 e. The van der Waals surface area contributed by atoms with E-state index in [9.17, 15) is 0 Å². The minimum absolute atomic E-state index is 0.912. The second-order valence-corrected chi connectivity index (χ2v) is 4.52. The van der Waals surface area contributed by atoms with E-state index in [1.54, 1.807) is 5.51 Å². The topological polar surface area (TPSA) is 32.3 Å². The third-order valence-corrected chi connectivity index (χ3v) is 3.30. The van der Waals surface area contributed by atoms with Crippen LogP contribution in [-0.2, 0) is 0 Å². The molecule has 1 saturated heterocycles. The molecule has 0 unspecified atom stereocenters. The molecule has 5 heteroatoms. The van der Waals surface area contributed by atoms with Gasteiger partial charge in [0.2, 0.25) is 5.95 Å². The van der Waals surface area contributed by atoms with Crippen molar-refractivity contribution in [1.82, 2.24) is 14.3 Å². The molecule has 0 bridgehead atoms. The van der Waals surface area contributed by atoms with Gasteiger partial charge in [-0.15, -0.1) is 0 Å². The van der Waals surface area contributed by atoms with Crippen molar-refractivity contribution in [3.05, 3.63) is 5.51 Å². The maximum absolute atomic E-state index is 4.27. The zero-order chi connectivity index (χ0) is 10.5. The Morgan fingerprint density at radius 3 is 2.73 bits per heavy atom. The second-order valence-electron chi connectivity index (χ2n) is 3.91. The van der Waals surface area contributed by atoms with Crippen molar-refractivity contribution in [3.63, 3.8) is 0 Å². The molecule has 0 amide bonds. The van der Waals surface area contributed by atoms with E-state index < -0.39 is 0 Å². The van der Waals surface area contributed by atoms with E-state index in [0.717, 1.165) is 32.1 Å². The standard InChI is InChI=1S/C10H18N4S/c1-2-3-4-13-5-7-14(8-6-13)10-11-9-15-12-10/h9H,2-8H2,1H3. The van der Waals surface area contributed by atoms with Crippen LogP contribution < -0.4 is 4.90 Å². The van der Waals surface area contributed by atoms with E-state index in [2.05, 4.69) is 26.1 Å². The summed E-state index contributed by atoms with van der Waals surface area (Å²) in [6.07, 6.45) is 2.60. The van der Waals surface area contributed by atoms with Crippen LogP contribution in [0.1, 0.15) is 19.8 Å². The number of unbranched alkanes of at least 4 members (excludes halogenated alkanes) is 1. The number of hydrogen-bond donors (Lipinski definition) is 0. The summed E-state index contributed by atoms with van der Waals surface area (Å²) in [5.41, 5.74) is 1.80. The molecule has 1 aliphatic rings. The summed E-state index contributed by atoms with van der Waals surface area (Å²) in [6, 6.07) is 0. The molecular formula is C10H18N4S. The van der Waals surface area contributed by atoms with Crippen molar-refractivity contribution < 1.29 is 0 Å². The smallest absolute Gasteiger partial charge is 0.237 e. The average molecular weight is 226 g/mol. The van der Waals surface area contributed by atoms with Gasteiger partial charge in [-0.05, 0) is 24.5 Å². The summed E-state index contributed by atoms with van der Waals surface area (Å²) in [5, 5.41) is 0. The van der Waals surface area contributed by atoms with Gasteiger partial charge in [-0.2, -0.15) is 4.37 Å². The van der Waals surface area contributed by atoms with Crippen molar-refractivity contribution in [3.8, 4) is 0 Å². The maximum Gasteiger partial charge on any atom is 0.237 e. The Kier molecular flexibility index (Phi) is 3.91. The first-order valence-corrected chi connectivity index (χ1v) is 6.47. The van der Waals surface area contributed by atoms with Crippen LogP contribution in [0.5, 0.6) is 0 Å². The van der Waals surface area contributed by atoms with E-state index in [1.807, 2.05) is 0 Å². The predicted octanol–water partition coefficient (Wildman–Crippen LogP) is 1.46. The summed E-state index contributed by atoms with van der Waals surface area (Å²) >= 11 is 1.43. The summed E-state index contributed by atoms with van der Waals surface area (Å²) in [4.78, 5) is 9.05. The molecule has 15 heavy (non-hydrogen) atoms. The van der Waals surface area contributed by atoms with Crippen molar-refractivity contribution in [1.29, 1.82) is 0 Å². The molecule has 4 nitrogen and oxygen atoms in total. The van der Waals surface area contributed by atoms with Crippen LogP contribution in [-0.4, -0.2) is 47.0 Å². The Labute approximate surface area is 95.1 Å². The highest BCUT2D eigenvalue weighted by molar-refractivity contribution is 7.03. The van der Waals surface area contributed by atoms with Gasteiger partial charge in [0, 0.05) is 26.2 Å². The number of nitrogens with zero attached hydrogens (tertiary/aromatic N) is 4. The summed E-state index contributed by atoms with van der Waals surface area (Å²) in [5.74, 6) is 0.912. The van der Waals surface area contributed by atoms with E-state index >= 15 is 0 Å². The highest BCUT2D eigenvalue weighted by Gasteiger charge is 2.18. The van der Waals surface area contributed by atoms with Crippen LogP contribution in [0.25, 0.3) is 0 Å². The Bertz CT molecular complexity index is 267. The van der Waals surface area contributed by atoms with Crippen molar-refractivity contribution in [2.24, 2.45) is 0 Å². The molecule has 0 aliphatic carbocycles. The van der Waals surface area contributed by atoms with Crippen molar-refractivity contribution >= 4 is 17.5 Å². The molecule has 1 aromatic heterocycles. The molecule has 2 rings (SSSR count). The van der Waals surface area contributed by atoms with Gasteiger partial charge in [0.15, 0.2) is 0 Å². The van der Waals surface area contributed by atoms with E-state index in [1.165, 1.54) is 30.9 Å². The molecule has 0 spiro atoms. The zero-order valence-corrected chi connectivity index (χ0v) is 10.0. The van der Waals surface area contributed by atoms with Crippen molar-refractivity contribution in [2.45, 2.75) is 19.8 Å². The van der Waals surface area contributed by atoms with Gasteiger partial charge in [0.05, 0.1) is 0 Å². The molecule has 1 aromatic rings. The number of aromatic nitrogens is 2. The number of rotatable bonds is 4. The molecule has 2 heterocycles. The van der Waals surface area contributed by atoms with Gasteiger partial charge in [0.25, 0.3) is 0 Å². The van der Waals surface area contributed by atoms with Gasteiger partial charge in [-0.3, -0.25) is 4.90 Å². The summed E-state index contributed by atoms with van der Waals surface area (Å²) in [7, 11) is 0. The summed E-state index contributed by atoms with van der Waals surface area (Å²) in [6.45, 7) is 7.93.